The summed E-state index contributed by atoms with van der Waals surface area (Å²) >= 11 is 6.38. The Balaban J connectivity index is 2.14. The van der Waals surface area contributed by atoms with Gasteiger partial charge in [-0.15, -0.1) is 0 Å². The number of hydrogen-bond acceptors (Lipinski definition) is 5. The number of aromatic nitrogens is 2. The fraction of sp³-hybridized carbons (Fsp3) is 0.385. The Kier molecular flexibility index (Phi) is 8.77. The summed E-state index contributed by atoms with van der Waals surface area (Å²) < 4.78 is 6.33. The van der Waals surface area contributed by atoms with Crippen LogP contribution in [-0.2, 0) is 4.74 Å². The van der Waals surface area contributed by atoms with Crippen molar-refractivity contribution >= 4 is 40.3 Å². The third kappa shape index (κ3) is 6.39. The van der Waals surface area contributed by atoms with Crippen molar-refractivity contribution in [3.63, 3.8) is 0 Å². The van der Waals surface area contributed by atoms with Gasteiger partial charge in [0.25, 0.3) is 5.56 Å². The predicted molar refractivity (Wildman–Crippen MR) is 144 cm³/mol. The average Bonchev–Trinajstić information content (AvgIpc) is 2.80. The van der Waals surface area contributed by atoms with Crippen molar-refractivity contribution in [2.75, 3.05) is 25.6 Å². The van der Waals surface area contributed by atoms with Crippen LogP contribution in [0.3, 0.4) is 0 Å². The summed E-state index contributed by atoms with van der Waals surface area (Å²) in [6.45, 7) is 7.96. The molecular formula is C26H32ClN5O5. The molecule has 0 bridgehead atoms. The molecule has 1 atom stereocenters. The first-order valence-corrected chi connectivity index (χ1v) is 12.2. The van der Waals surface area contributed by atoms with Crippen molar-refractivity contribution in [3.8, 4) is 5.69 Å². The Hall–Kier alpha value is -3.63. The number of carbonyl (C=O) groups is 2. The van der Waals surface area contributed by atoms with E-state index in [1.165, 1.54) is 9.47 Å². The second-order valence-electron chi connectivity index (χ2n) is 9.52. The summed E-state index contributed by atoms with van der Waals surface area (Å²) in [4.78, 5) is 44.3. The fourth-order valence-corrected chi connectivity index (χ4v) is 4.45. The lowest BCUT2D eigenvalue weighted by Crippen LogP contribution is -2.47. The minimum atomic E-state index is -1.15. The molecule has 0 saturated heterocycles. The minimum Gasteiger partial charge on any atom is -0.465 e. The Labute approximate surface area is 220 Å². The highest BCUT2D eigenvalue weighted by atomic mass is 35.5. The van der Waals surface area contributed by atoms with Crippen LogP contribution in [0.2, 0.25) is 5.02 Å². The number of urea groups is 1. The first kappa shape index (κ1) is 27.9. The van der Waals surface area contributed by atoms with Gasteiger partial charge >= 0.3 is 12.1 Å². The number of carboxylic acid groups (broad SMARTS) is 1. The number of benzene rings is 2. The predicted octanol–water partition coefficient (Wildman–Crippen LogP) is 5.04. The van der Waals surface area contributed by atoms with Crippen LogP contribution < -0.4 is 16.2 Å². The molecule has 1 aromatic heterocycles. The second kappa shape index (κ2) is 11.6. The van der Waals surface area contributed by atoms with E-state index in [1.807, 2.05) is 0 Å². The molecule has 37 heavy (non-hydrogen) atoms. The van der Waals surface area contributed by atoms with E-state index in [1.54, 1.807) is 77.3 Å². The molecule has 3 amide bonds. The molecule has 0 saturated carbocycles. The van der Waals surface area contributed by atoms with Crippen molar-refractivity contribution in [1.29, 1.82) is 0 Å². The zero-order valence-corrected chi connectivity index (χ0v) is 22.3. The monoisotopic (exact) mass is 529 g/mol. The van der Waals surface area contributed by atoms with E-state index in [0.717, 1.165) is 0 Å². The van der Waals surface area contributed by atoms with Gasteiger partial charge in [-0.1, -0.05) is 23.7 Å². The van der Waals surface area contributed by atoms with Gasteiger partial charge < -0.3 is 20.5 Å². The van der Waals surface area contributed by atoms with Crippen LogP contribution in [0.1, 0.15) is 46.0 Å². The van der Waals surface area contributed by atoms with Crippen LogP contribution in [-0.4, -0.2) is 57.5 Å². The van der Waals surface area contributed by atoms with Gasteiger partial charge in [-0.2, -0.15) is 0 Å². The number of nitrogens with zero attached hydrogens (tertiary/aromatic N) is 3. The van der Waals surface area contributed by atoms with Crippen LogP contribution in [0.5, 0.6) is 0 Å². The average molecular weight is 530 g/mol. The van der Waals surface area contributed by atoms with E-state index >= 15 is 0 Å². The van der Waals surface area contributed by atoms with Gasteiger partial charge in [0.2, 0.25) is 0 Å². The summed E-state index contributed by atoms with van der Waals surface area (Å²) in [7, 11) is 1.59. The van der Waals surface area contributed by atoms with Crippen molar-refractivity contribution in [3.05, 3.63) is 63.7 Å². The molecule has 3 rings (SSSR count). The number of anilines is 1. The van der Waals surface area contributed by atoms with Gasteiger partial charge in [0.1, 0.15) is 5.82 Å². The lowest BCUT2D eigenvalue weighted by atomic mass is 10.0. The summed E-state index contributed by atoms with van der Waals surface area (Å²) in [6.07, 6.45) is -0.481. The number of carbonyl (C=O) groups excluding carboxylic acids is 1. The summed E-state index contributed by atoms with van der Waals surface area (Å²) in [5.41, 5.74) is -0.0195. The summed E-state index contributed by atoms with van der Waals surface area (Å²) in [6, 6.07) is 10.4. The number of rotatable bonds is 8. The Morgan fingerprint density at radius 3 is 2.57 bits per heavy atom. The zero-order valence-electron chi connectivity index (χ0n) is 21.5. The number of fused-ring (bicyclic) bond motifs is 1. The molecule has 0 radical (unpaired) electrons. The molecular weight excluding hydrogens is 498 g/mol. The zero-order chi connectivity index (χ0) is 27.3. The molecule has 0 spiro atoms. The Morgan fingerprint density at radius 2 is 1.92 bits per heavy atom. The molecule has 11 heteroatoms. The van der Waals surface area contributed by atoms with Crippen LogP contribution >= 0.6 is 11.6 Å². The van der Waals surface area contributed by atoms with Gasteiger partial charge in [0, 0.05) is 31.5 Å². The van der Waals surface area contributed by atoms with E-state index in [0.29, 0.717) is 36.5 Å². The summed E-state index contributed by atoms with van der Waals surface area (Å²) in [5, 5.41) is 15.9. The maximum Gasteiger partial charge on any atom is 0.408 e. The third-order valence-electron chi connectivity index (χ3n) is 5.74. The molecule has 0 aliphatic carbocycles. The van der Waals surface area contributed by atoms with Crippen molar-refractivity contribution in [2.24, 2.45) is 0 Å². The number of ether oxygens (including phenoxy) is 1. The first-order valence-electron chi connectivity index (χ1n) is 11.8. The molecule has 198 valence electrons. The van der Waals surface area contributed by atoms with E-state index in [9.17, 15) is 19.5 Å². The molecule has 1 heterocycles. The van der Waals surface area contributed by atoms with Crippen molar-refractivity contribution < 1.29 is 19.4 Å². The lowest BCUT2D eigenvalue weighted by Gasteiger charge is -2.38. The quantitative estimate of drug-likeness (QED) is 0.351. The number of nitrogens with one attached hydrogen (secondary N) is 2. The highest BCUT2D eigenvalue weighted by Crippen LogP contribution is 2.30. The summed E-state index contributed by atoms with van der Waals surface area (Å²) in [5.74, 6) is 0.221. The van der Waals surface area contributed by atoms with Gasteiger partial charge in [-0.05, 0) is 64.4 Å². The van der Waals surface area contributed by atoms with Crippen LogP contribution in [0.4, 0.5) is 15.3 Å². The van der Waals surface area contributed by atoms with Gasteiger partial charge in [0.05, 0.1) is 27.7 Å². The normalized spacial score (nSPS) is 12.3. The second-order valence-corrected chi connectivity index (χ2v) is 9.93. The third-order valence-corrected chi connectivity index (χ3v) is 6.05. The largest absolute Gasteiger partial charge is 0.465 e. The number of hydrogen-bond donors (Lipinski definition) is 3. The van der Waals surface area contributed by atoms with Gasteiger partial charge in [-0.3, -0.25) is 14.3 Å². The van der Waals surface area contributed by atoms with E-state index in [2.05, 4.69) is 10.6 Å². The van der Waals surface area contributed by atoms with Crippen LogP contribution in [0, 0.1) is 0 Å². The van der Waals surface area contributed by atoms with Crippen LogP contribution in [0.15, 0.2) is 47.3 Å². The fourth-order valence-electron chi connectivity index (χ4n) is 4.20. The van der Waals surface area contributed by atoms with Crippen molar-refractivity contribution in [1.82, 2.24) is 19.8 Å². The number of amides is 3. The van der Waals surface area contributed by atoms with Crippen LogP contribution in [0.25, 0.3) is 16.6 Å². The molecule has 3 aromatic rings. The molecule has 3 N–H and O–H groups in total. The Morgan fingerprint density at radius 1 is 1.22 bits per heavy atom. The highest BCUT2D eigenvalue weighted by molar-refractivity contribution is 6.35. The minimum absolute atomic E-state index is 0.215. The molecule has 2 aromatic carbocycles. The molecule has 1 unspecified atom stereocenters. The van der Waals surface area contributed by atoms with Gasteiger partial charge in [0.15, 0.2) is 0 Å². The number of halogens is 1. The van der Waals surface area contributed by atoms with E-state index < -0.39 is 29.3 Å². The smallest absolute Gasteiger partial charge is 0.408 e. The number of methoxy groups -OCH3 is 1. The van der Waals surface area contributed by atoms with Crippen molar-refractivity contribution in [2.45, 2.75) is 45.7 Å². The lowest BCUT2D eigenvalue weighted by molar-refractivity contribution is 0.0719. The molecule has 10 nitrogen and oxygen atoms in total. The maximum atomic E-state index is 13.8. The SMILES string of the molecule is COCCCNC(=O)Nc1cccc(-n2c(C(C)N(C(=O)O)C(C)(C)C)nc3cccc(Cl)c3c2=O)c1. The standard InChI is InChI=1S/C26H32ClN5O5/c1-16(32(25(35)36)26(2,3)4)22-30-20-12-7-11-19(27)21(20)23(33)31(22)18-10-6-9-17(15-18)29-24(34)28-13-8-14-37-5/h6-7,9-12,15-16H,8,13-14H2,1-5H3,(H,35,36)(H2,28,29,34). The van der Waals surface area contributed by atoms with Gasteiger partial charge in [-0.25, -0.2) is 14.6 Å². The topological polar surface area (TPSA) is 126 Å². The first-order chi connectivity index (χ1) is 17.5. The molecule has 0 aliphatic rings. The van der Waals surface area contributed by atoms with E-state index in [4.69, 9.17) is 21.3 Å². The highest BCUT2D eigenvalue weighted by Gasteiger charge is 2.34. The molecule has 0 aliphatic heterocycles. The van der Waals surface area contributed by atoms with E-state index in [-0.39, 0.29) is 16.2 Å². The maximum absolute atomic E-state index is 13.8. The Bertz CT molecular complexity index is 1350. The molecule has 0 fully saturated rings.